The molecule has 2 heteroatoms. The molecule has 0 aliphatic heterocycles. The van der Waals surface area contributed by atoms with Crippen molar-refractivity contribution in [2.24, 2.45) is 0 Å². The molecule has 1 aromatic rings. The highest BCUT2D eigenvalue weighted by molar-refractivity contribution is 6.48. The minimum Gasteiger partial charge on any atom is -0.393 e. The first kappa shape index (κ1) is 8.15. The third kappa shape index (κ3) is 2.28. The fraction of sp³-hybridized carbons (Fsp3) is 0.111. The molecule has 11 heavy (non-hydrogen) atoms. The van der Waals surface area contributed by atoms with Gasteiger partial charge in [0.25, 0.3) is 0 Å². The Balaban J connectivity index is 2.85. The van der Waals surface area contributed by atoms with Crippen molar-refractivity contribution in [2.45, 2.75) is 0 Å². The molecule has 0 unspecified atom stereocenters. The summed E-state index contributed by atoms with van der Waals surface area (Å²) in [5, 5.41) is 3.60. The van der Waals surface area contributed by atoms with Crippen molar-refractivity contribution in [1.29, 1.82) is 0 Å². The molecule has 0 fully saturated rings. The molecule has 0 amide bonds. The van der Waals surface area contributed by atoms with Crippen LogP contribution < -0.4 is 5.32 Å². The fourth-order valence-corrected chi connectivity index (χ4v) is 1.04. The molecule has 58 valence electrons. The third-order valence-corrected chi connectivity index (χ3v) is 1.65. The summed E-state index contributed by atoms with van der Waals surface area (Å²) < 4.78 is 0. The van der Waals surface area contributed by atoms with E-state index in [1.807, 2.05) is 37.4 Å². The molecule has 0 radical (unpaired) electrons. The average molecular weight is 168 g/mol. The Morgan fingerprint density at radius 3 is 2.55 bits per heavy atom. The van der Waals surface area contributed by atoms with Crippen molar-refractivity contribution in [1.82, 2.24) is 5.32 Å². The Morgan fingerprint density at radius 1 is 1.36 bits per heavy atom. The van der Waals surface area contributed by atoms with Crippen LogP contribution in [0.2, 0.25) is 0 Å². The fourth-order valence-electron chi connectivity index (χ4n) is 0.807. The van der Waals surface area contributed by atoms with Crippen LogP contribution in [0.3, 0.4) is 0 Å². The molecule has 0 heterocycles. The predicted molar refractivity (Wildman–Crippen MR) is 49.3 cm³/mol. The van der Waals surface area contributed by atoms with Crippen LogP contribution in [-0.4, -0.2) is 7.05 Å². The van der Waals surface area contributed by atoms with Crippen LogP contribution in [0, 0.1) is 0 Å². The third-order valence-electron chi connectivity index (χ3n) is 1.32. The summed E-state index contributed by atoms with van der Waals surface area (Å²) in [5.74, 6) is 0. The summed E-state index contributed by atoms with van der Waals surface area (Å²) in [6.45, 7) is 0. The Labute approximate surface area is 71.7 Å². The Morgan fingerprint density at radius 2 is 2.00 bits per heavy atom. The summed E-state index contributed by atoms with van der Waals surface area (Å²) in [5.41, 5.74) is 1.03. The maximum Gasteiger partial charge on any atom is 0.0634 e. The highest BCUT2D eigenvalue weighted by Crippen LogP contribution is 2.16. The van der Waals surface area contributed by atoms with Gasteiger partial charge in [0.1, 0.15) is 0 Å². The van der Waals surface area contributed by atoms with Gasteiger partial charge in [-0.15, -0.1) is 0 Å². The van der Waals surface area contributed by atoms with Crippen molar-refractivity contribution in [2.75, 3.05) is 7.05 Å². The summed E-state index contributed by atoms with van der Waals surface area (Å²) in [6, 6.07) is 9.82. The summed E-state index contributed by atoms with van der Waals surface area (Å²) in [4.78, 5) is 0. The number of benzene rings is 1. The van der Waals surface area contributed by atoms with Crippen LogP contribution in [-0.2, 0) is 0 Å². The van der Waals surface area contributed by atoms with Crippen molar-refractivity contribution in [3.8, 4) is 0 Å². The molecule has 0 aliphatic rings. The van der Waals surface area contributed by atoms with E-state index in [4.69, 9.17) is 11.6 Å². The standard InChI is InChI=1S/C9H10ClN/c1-11-7-9(10)8-5-3-2-4-6-8/h2-7,11H,1H3. The van der Waals surface area contributed by atoms with E-state index in [2.05, 4.69) is 5.32 Å². The van der Waals surface area contributed by atoms with Gasteiger partial charge in [-0.3, -0.25) is 0 Å². The lowest BCUT2D eigenvalue weighted by Crippen LogP contribution is -1.92. The minimum absolute atomic E-state index is 0.730. The van der Waals surface area contributed by atoms with Gasteiger partial charge in [0, 0.05) is 13.2 Å². The zero-order valence-corrected chi connectivity index (χ0v) is 7.10. The molecule has 0 aromatic heterocycles. The van der Waals surface area contributed by atoms with E-state index in [1.165, 1.54) is 0 Å². The lowest BCUT2D eigenvalue weighted by atomic mass is 10.2. The van der Waals surface area contributed by atoms with E-state index in [0.717, 1.165) is 10.6 Å². The zero-order valence-electron chi connectivity index (χ0n) is 6.34. The van der Waals surface area contributed by atoms with Crippen LogP contribution in [0.4, 0.5) is 0 Å². The smallest absolute Gasteiger partial charge is 0.0634 e. The largest absolute Gasteiger partial charge is 0.393 e. The molecule has 1 aromatic carbocycles. The van der Waals surface area contributed by atoms with E-state index < -0.39 is 0 Å². The Hall–Kier alpha value is -0.950. The first-order chi connectivity index (χ1) is 5.34. The highest BCUT2D eigenvalue weighted by atomic mass is 35.5. The average Bonchev–Trinajstić information content (AvgIpc) is 2.07. The SMILES string of the molecule is CNC=C(Cl)c1ccccc1. The van der Waals surface area contributed by atoms with Gasteiger partial charge < -0.3 is 5.32 Å². The molecule has 0 atom stereocenters. The van der Waals surface area contributed by atoms with Gasteiger partial charge >= 0.3 is 0 Å². The lowest BCUT2D eigenvalue weighted by Gasteiger charge is -1.97. The monoisotopic (exact) mass is 167 g/mol. The summed E-state index contributed by atoms with van der Waals surface area (Å²) >= 11 is 5.90. The lowest BCUT2D eigenvalue weighted by molar-refractivity contribution is 1.11. The molecule has 0 spiro atoms. The van der Waals surface area contributed by atoms with E-state index in [9.17, 15) is 0 Å². The van der Waals surface area contributed by atoms with Crippen LogP contribution in [0.5, 0.6) is 0 Å². The first-order valence-electron chi connectivity index (χ1n) is 3.43. The number of hydrogen-bond donors (Lipinski definition) is 1. The van der Waals surface area contributed by atoms with E-state index in [0.29, 0.717) is 0 Å². The van der Waals surface area contributed by atoms with Gasteiger partial charge in [-0.2, -0.15) is 0 Å². The first-order valence-corrected chi connectivity index (χ1v) is 3.80. The van der Waals surface area contributed by atoms with Crippen molar-refractivity contribution < 1.29 is 0 Å². The molecular formula is C9H10ClN. The normalized spacial score (nSPS) is 11.3. The number of hydrogen-bond acceptors (Lipinski definition) is 1. The number of rotatable bonds is 2. The Kier molecular flexibility index (Phi) is 2.99. The second kappa shape index (κ2) is 4.04. The van der Waals surface area contributed by atoms with Crippen molar-refractivity contribution in [3.05, 3.63) is 42.1 Å². The van der Waals surface area contributed by atoms with Gasteiger partial charge in [-0.1, -0.05) is 41.9 Å². The molecule has 0 saturated heterocycles. The zero-order chi connectivity index (χ0) is 8.10. The molecule has 1 nitrogen and oxygen atoms in total. The highest BCUT2D eigenvalue weighted by Gasteiger charge is 1.93. The van der Waals surface area contributed by atoms with Crippen molar-refractivity contribution >= 4 is 16.6 Å². The molecule has 0 aliphatic carbocycles. The maximum absolute atomic E-state index is 5.90. The second-order valence-corrected chi connectivity index (χ2v) is 2.55. The van der Waals surface area contributed by atoms with Crippen LogP contribution in [0.1, 0.15) is 5.56 Å². The second-order valence-electron chi connectivity index (χ2n) is 2.15. The van der Waals surface area contributed by atoms with Crippen LogP contribution in [0.25, 0.3) is 5.03 Å². The van der Waals surface area contributed by atoms with E-state index in [-0.39, 0.29) is 0 Å². The summed E-state index contributed by atoms with van der Waals surface area (Å²) in [7, 11) is 1.82. The molecule has 1 N–H and O–H groups in total. The van der Waals surface area contributed by atoms with Crippen LogP contribution in [0.15, 0.2) is 36.5 Å². The predicted octanol–water partition coefficient (Wildman–Crippen LogP) is 2.44. The van der Waals surface area contributed by atoms with Crippen molar-refractivity contribution in [3.63, 3.8) is 0 Å². The van der Waals surface area contributed by atoms with Gasteiger partial charge in [-0.25, -0.2) is 0 Å². The van der Waals surface area contributed by atoms with Crippen LogP contribution >= 0.6 is 11.6 Å². The van der Waals surface area contributed by atoms with Gasteiger partial charge in [0.05, 0.1) is 5.03 Å². The quantitative estimate of drug-likeness (QED) is 0.714. The van der Waals surface area contributed by atoms with Gasteiger partial charge in [0.15, 0.2) is 0 Å². The summed E-state index contributed by atoms with van der Waals surface area (Å²) in [6.07, 6.45) is 1.76. The van der Waals surface area contributed by atoms with Gasteiger partial charge in [0.2, 0.25) is 0 Å². The number of halogens is 1. The molecule has 0 bridgehead atoms. The topological polar surface area (TPSA) is 12.0 Å². The molecular weight excluding hydrogens is 158 g/mol. The maximum atomic E-state index is 5.90. The number of nitrogens with one attached hydrogen (secondary N) is 1. The Bertz CT molecular complexity index is 241. The van der Waals surface area contributed by atoms with Gasteiger partial charge in [-0.05, 0) is 5.56 Å². The van der Waals surface area contributed by atoms with E-state index >= 15 is 0 Å². The molecule has 0 saturated carbocycles. The minimum atomic E-state index is 0.730. The molecule has 1 rings (SSSR count). The van der Waals surface area contributed by atoms with E-state index in [1.54, 1.807) is 6.20 Å².